The lowest BCUT2D eigenvalue weighted by Crippen LogP contribution is -1.94. The Morgan fingerprint density at radius 3 is 1.26 bits per heavy atom. The fourth-order valence-electron chi connectivity index (χ4n) is 1.26. The molecule has 0 rings (SSSR count). The molecule has 0 aliphatic rings. The molecule has 0 aromatic rings. The highest BCUT2D eigenvalue weighted by molar-refractivity contribution is 5.66. The molecule has 114 valence electrons. The van der Waals surface area contributed by atoms with Crippen LogP contribution in [0.4, 0.5) is 0 Å². The minimum atomic E-state index is -0.740. The van der Waals surface area contributed by atoms with Gasteiger partial charge in [-0.15, -0.1) is 0 Å². The Balaban J connectivity index is 0. The van der Waals surface area contributed by atoms with Gasteiger partial charge in [0.15, 0.2) is 0 Å². The highest BCUT2D eigenvalue weighted by Gasteiger charge is 1.98. The summed E-state index contributed by atoms with van der Waals surface area (Å²) in [5.41, 5.74) is 0. The first kappa shape index (κ1) is 20.3. The number of hydrogen-bond donors (Lipinski definition) is 2. The van der Waals surface area contributed by atoms with Gasteiger partial charge in [-0.05, 0) is 18.8 Å². The quantitative estimate of drug-likeness (QED) is 0.581. The fourth-order valence-corrected chi connectivity index (χ4v) is 1.26. The molecule has 0 amide bonds. The summed E-state index contributed by atoms with van der Waals surface area (Å²) in [5.74, 6) is -0.596. The largest absolute Gasteiger partial charge is 0.481 e. The fraction of sp³-hybridized carbons (Fsp3) is 0.867. The summed E-state index contributed by atoms with van der Waals surface area (Å²) in [6, 6.07) is 0. The van der Waals surface area contributed by atoms with Crippen LogP contribution in [0.3, 0.4) is 0 Å². The third-order valence-electron chi connectivity index (χ3n) is 2.85. The van der Waals surface area contributed by atoms with E-state index in [4.69, 9.17) is 10.2 Å². The van der Waals surface area contributed by atoms with E-state index >= 15 is 0 Å². The zero-order valence-electron chi connectivity index (χ0n) is 12.7. The molecule has 0 fully saturated rings. The maximum Gasteiger partial charge on any atom is 0.303 e. The van der Waals surface area contributed by atoms with Crippen molar-refractivity contribution in [3.05, 3.63) is 0 Å². The summed E-state index contributed by atoms with van der Waals surface area (Å²) in [6.45, 7) is 6.64. The van der Waals surface area contributed by atoms with E-state index in [2.05, 4.69) is 20.8 Å². The summed E-state index contributed by atoms with van der Waals surface area (Å²) in [4.78, 5) is 20.3. The second-order valence-electron chi connectivity index (χ2n) is 5.21. The molecule has 4 heteroatoms. The second kappa shape index (κ2) is 15.0. The Hall–Kier alpha value is -1.06. The zero-order valence-corrected chi connectivity index (χ0v) is 12.7. The topological polar surface area (TPSA) is 74.6 Å². The van der Waals surface area contributed by atoms with Gasteiger partial charge in [0.05, 0.1) is 0 Å². The second-order valence-corrected chi connectivity index (χ2v) is 5.21. The van der Waals surface area contributed by atoms with Crippen LogP contribution in [0.1, 0.15) is 78.6 Å². The molecule has 0 radical (unpaired) electrons. The van der Waals surface area contributed by atoms with E-state index in [0.29, 0.717) is 0 Å². The highest BCUT2D eigenvalue weighted by atomic mass is 16.4. The molecule has 0 spiro atoms. The molecule has 0 aromatic carbocycles. The Kier molecular flexibility index (Phi) is 16.0. The first-order valence-corrected chi connectivity index (χ1v) is 7.33. The highest BCUT2D eigenvalue weighted by Crippen LogP contribution is 2.08. The first-order valence-electron chi connectivity index (χ1n) is 7.33. The summed E-state index contributed by atoms with van der Waals surface area (Å²) in [6.07, 6.45) is 7.13. The third kappa shape index (κ3) is 26.5. The van der Waals surface area contributed by atoms with E-state index in [1.807, 2.05) is 0 Å². The van der Waals surface area contributed by atoms with Crippen LogP contribution in [-0.4, -0.2) is 22.2 Å². The smallest absolute Gasteiger partial charge is 0.303 e. The number of carboxylic acids is 2. The van der Waals surface area contributed by atoms with E-state index in [-0.39, 0.29) is 12.8 Å². The van der Waals surface area contributed by atoms with Crippen molar-refractivity contribution in [1.29, 1.82) is 0 Å². The Morgan fingerprint density at radius 1 is 0.789 bits per heavy atom. The summed E-state index contributed by atoms with van der Waals surface area (Å²) in [5, 5.41) is 16.7. The predicted molar refractivity (Wildman–Crippen MR) is 77.3 cm³/mol. The summed E-state index contributed by atoms with van der Waals surface area (Å²) in [7, 11) is 0. The van der Waals surface area contributed by atoms with Gasteiger partial charge in [-0.25, -0.2) is 0 Å². The minimum Gasteiger partial charge on any atom is -0.481 e. The van der Waals surface area contributed by atoms with Gasteiger partial charge in [-0.2, -0.15) is 0 Å². The molecular weight excluding hydrogens is 244 g/mol. The van der Waals surface area contributed by atoms with E-state index in [1.54, 1.807) is 0 Å². The third-order valence-corrected chi connectivity index (χ3v) is 2.85. The average Bonchev–Trinajstić information content (AvgIpc) is 2.32. The van der Waals surface area contributed by atoms with Gasteiger partial charge in [0.25, 0.3) is 0 Å². The normalized spacial score (nSPS) is 9.89. The molecule has 0 saturated carbocycles. The minimum absolute atomic E-state index is 0.245. The number of unbranched alkanes of at least 4 members (excludes halogenated alkanes) is 5. The number of carboxylic acid groups (broad SMARTS) is 2. The molecule has 2 N–H and O–H groups in total. The van der Waals surface area contributed by atoms with Gasteiger partial charge in [-0.1, -0.05) is 52.9 Å². The van der Waals surface area contributed by atoms with Crippen LogP contribution in [0.5, 0.6) is 0 Å². The van der Waals surface area contributed by atoms with E-state index < -0.39 is 11.9 Å². The molecule has 0 unspecified atom stereocenters. The summed E-state index contributed by atoms with van der Waals surface area (Å²) >= 11 is 0. The molecule has 0 aromatic heterocycles. The molecule has 0 atom stereocenters. The predicted octanol–water partition coefficient (Wildman–Crippen LogP) is 4.33. The SMILES string of the molecule is CCC(C)C.O=C(O)CCCCCCCCC(=O)O. The zero-order chi connectivity index (χ0) is 15.1. The van der Waals surface area contributed by atoms with Crippen molar-refractivity contribution in [3.8, 4) is 0 Å². The van der Waals surface area contributed by atoms with Crippen molar-refractivity contribution in [2.75, 3.05) is 0 Å². The lowest BCUT2D eigenvalue weighted by atomic mass is 10.1. The molecule has 4 nitrogen and oxygen atoms in total. The summed E-state index contributed by atoms with van der Waals surface area (Å²) < 4.78 is 0. The van der Waals surface area contributed by atoms with Crippen LogP contribution >= 0.6 is 0 Å². The van der Waals surface area contributed by atoms with Gasteiger partial charge in [0, 0.05) is 12.8 Å². The maximum atomic E-state index is 10.1. The van der Waals surface area contributed by atoms with Crippen molar-refractivity contribution in [2.45, 2.75) is 78.6 Å². The number of hydrogen-bond acceptors (Lipinski definition) is 2. The van der Waals surface area contributed by atoms with Crippen LogP contribution in [0, 0.1) is 5.92 Å². The van der Waals surface area contributed by atoms with Crippen LogP contribution in [0.15, 0.2) is 0 Å². The van der Waals surface area contributed by atoms with Crippen molar-refractivity contribution in [2.24, 2.45) is 5.92 Å². The molecular formula is C15H30O4. The molecule has 0 bridgehead atoms. The van der Waals surface area contributed by atoms with Crippen molar-refractivity contribution < 1.29 is 19.8 Å². The lowest BCUT2D eigenvalue weighted by molar-refractivity contribution is -0.138. The van der Waals surface area contributed by atoms with Gasteiger partial charge < -0.3 is 10.2 Å². The van der Waals surface area contributed by atoms with Gasteiger partial charge in [0.1, 0.15) is 0 Å². The maximum absolute atomic E-state index is 10.1. The molecule has 19 heavy (non-hydrogen) atoms. The number of carbonyl (C=O) groups is 2. The van der Waals surface area contributed by atoms with Crippen molar-refractivity contribution in [1.82, 2.24) is 0 Å². The first-order chi connectivity index (χ1) is 8.90. The molecule has 0 saturated heterocycles. The van der Waals surface area contributed by atoms with Crippen molar-refractivity contribution >= 4 is 11.9 Å². The lowest BCUT2D eigenvalue weighted by Gasteiger charge is -1.98. The van der Waals surface area contributed by atoms with Crippen LogP contribution < -0.4 is 0 Å². The van der Waals surface area contributed by atoms with Gasteiger partial charge >= 0.3 is 11.9 Å². The standard InChI is InChI=1S/C10H18O4.C5H12/c11-9(12)7-5-3-1-2-4-6-8-10(13)14;1-4-5(2)3/h1-8H2,(H,11,12)(H,13,14);5H,4H2,1-3H3. The number of aliphatic carboxylic acids is 2. The monoisotopic (exact) mass is 274 g/mol. The van der Waals surface area contributed by atoms with Crippen LogP contribution in [0.2, 0.25) is 0 Å². The average molecular weight is 274 g/mol. The Bertz CT molecular complexity index is 204. The van der Waals surface area contributed by atoms with Gasteiger partial charge in [-0.3, -0.25) is 9.59 Å². The molecule has 0 aliphatic carbocycles. The Labute approximate surface area is 117 Å². The molecule has 0 aliphatic heterocycles. The van der Waals surface area contributed by atoms with Crippen LogP contribution in [0.25, 0.3) is 0 Å². The van der Waals surface area contributed by atoms with Crippen LogP contribution in [-0.2, 0) is 9.59 Å². The van der Waals surface area contributed by atoms with Gasteiger partial charge in [0.2, 0.25) is 0 Å². The van der Waals surface area contributed by atoms with E-state index in [9.17, 15) is 9.59 Å². The van der Waals surface area contributed by atoms with Crippen molar-refractivity contribution in [3.63, 3.8) is 0 Å². The Morgan fingerprint density at radius 2 is 1.05 bits per heavy atom. The van der Waals surface area contributed by atoms with E-state index in [1.165, 1.54) is 6.42 Å². The molecule has 0 heterocycles. The number of rotatable bonds is 10. The van der Waals surface area contributed by atoms with E-state index in [0.717, 1.165) is 44.4 Å².